The van der Waals surface area contributed by atoms with Gasteiger partial charge in [0.25, 0.3) is 0 Å². The van der Waals surface area contributed by atoms with E-state index in [-0.39, 0.29) is 25.5 Å². The summed E-state index contributed by atoms with van der Waals surface area (Å²) in [5.41, 5.74) is 0. The highest BCUT2D eigenvalue weighted by Crippen LogP contribution is 1.86. The normalized spacial score (nSPS) is 9.38. The van der Waals surface area contributed by atoms with Gasteiger partial charge in [-0.25, -0.2) is 0 Å². The van der Waals surface area contributed by atoms with Gasteiger partial charge >= 0.3 is 5.97 Å². The molecule has 0 fully saturated rings. The number of aliphatic hydroxyl groups excluding tert-OH is 1. The number of rotatable bonds is 6. The molecule has 0 bridgehead atoms. The fourth-order valence-electron chi connectivity index (χ4n) is 0.712. The predicted molar refractivity (Wildman–Crippen MR) is 46.0 cm³/mol. The molecule has 0 radical (unpaired) electrons. The van der Waals surface area contributed by atoms with Crippen LogP contribution in [-0.4, -0.2) is 36.7 Å². The number of hydrogen-bond donors (Lipinski definition) is 2. The first kappa shape index (κ1) is 11.9. The molecule has 0 aromatic carbocycles. The number of ether oxygens (including phenoxy) is 1. The summed E-state index contributed by atoms with van der Waals surface area (Å²) in [6.07, 6.45) is 0.244. The molecular weight excluding hydrogens is 174 g/mol. The maximum absolute atomic E-state index is 10.9. The molecule has 0 saturated heterocycles. The van der Waals surface area contributed by atoms with Crippen molar-refractivity contribution in [1.82, 2.24) is 5.32 Å². The second-order valence-corrected chi connectivity index (χ2v) is 2.41. The molecule has 5 nitrogen and oxygen atoms in total. The highest BCUT2D eigenvalue weighted by molar-refractivity contribution is 5.94. The molecule has 0 aromatic rings. The Balaban J connectivity index is 3.44. The molecule has 2 N–H and O–H groups in total. The Morgan fingerprint density at radius 1 is 1.46 bits per heavy atom. The summed E-state index contributed by atoms with van der Waals surface area (Å²) in [5, 5.41) is 10.9. The molecule has 0 saturated carbocycles. The van der Waals surface area contributed by atoms with Gasteiger partial charge in [-0.1, -0.05) is 0 Å². The van der Waals surface area contributed by atoms with Crippen molar-refractivity contribution in [3.8, 4) is 0 Å². The van der Waals surface area contributed by atoms with E-state index in [1.807, 2.05) is 0 Å². The van der Waals surface area contributed by atoms with Gasteiger partial charge in [-0.05, 0) is 13.3 Å². The van der Waals surface area contributed by atoms with Gasteiger partial charge in [0.05, 0.1) is 6.61 Å². The number of aliphatic hydroxyl groups is 1. The van der Waals surface area contributed by atoms with E-state index in [0.29, 0.717) is 13.0 Å². The summed E-state index contributed by atoms with van der Waals surface area (Å²) in [6.45, 7) is 2.37. The van der Waals surface area contributed by atoms with Gasteiger partial charge in [0.1, 0.15) is 6.42 Å². The Bertz CT molecular complexity index is 170. The van der Waals surface area contributed by atoms with Crippen molar-refractivity contribution < 1.29 is 19.4 Å². The van der Waals surface area contributed by atoms with Crippen LogP contribution in [0.15, 0.2) is 0 Å². The van der Waals surface area contributed by atoms with Gasteiger partial charge in [0.15, 0.2) is 0 Å². The molecule has 0 rings (SSSR count). The summed E-state index contributed by atoms with van der Waals surface area (Å²) < 4.78 is 4.57. The maximum atomic E-state index is 10.9. The summed E-state index contributed by atoms with van der Waals surface area (Å²) in [6, 6.07) is 0. The van der Waals surface area contributed by atoms with Crippen LogP contribution in [0.3, 0.4) is 0 Å². The van der Waals surface area contributed by atoms with Gasteiger partial charge in [-0.2, -0.15) is 0 Å². The Morgan fingerprint density at radius 3 is 2.69 bits per heavy atom. The van der Waals surface area contributed by atoms with Crippen LogP contribution in [0.4, 0.5) is 0 Å². The molecule has 0 aliphatic heterocycles. The minimum Gasteiger partial charge on any atom is -0.466 e. The van der Waals surface area contributed by atoms with Gasteiger partial charge in [-0.3, -0.25) is 9.59 Å². The summed E-state index contributed by atoms with van der Waals surface area (Å²) >= 11 is 0. The largest absolute Gasteiger partial charge is 0.466 e. The van der Waals surface area contributed by atoms with Crippen molar-refractivity contribution in [2.24, 2.45) is 0 Å². The molecule has 0 spiro atoms. The lowest BCUT2D eigenvalue weighted by molar-refractivity contribution is -0.145. The van der Waals surface area contributed by atoms with Crippen LogP contribution in [0.5, 0.6) is 0 Å². The molecular formula is C8H15NO4. The van der Waals surface area contributed by atoms with Crippen LogP contribution in [0.2, 0.25) is 0 Å². The third-order valence-electron chi connectivity index (χ3n) is 1.27. The molecule has 1 amide bonds. The number of amides is 1. The van der Waals surface area contributed by atoms with Crippen molar-refractivity contribution in [1.29, 1.82) is 0 Å². The van der Waals surface area contributed by atoms with Gasteiger partial charge in [-0.15, -0.1) is 0 Å². The topological polar surface area (TPSA) is 75.6 Å². The minimum absolute atomic E-state index is 0.0275. The quantitative estimate of drug-likeness (QED) is 0.333. The minimum atomic E-state index is -0.524. The SMILES string of the molecule is CCOC(=O)CC(=O)NCCCO. The van der Waals surface area contributed by atoms with Crippen molar-refractivity contribution in [3.05, 3.63) is 0 Å². The van der Waals surface area contributed by atoms with Crippen LogP contribution in [-0.2, 0) is 14.3 Å². The van der Waals surface area contributed by atoms with E-state index < -0.39 is 5.97 Å². The van der Waals surface area contributed by atoms with E-state index in [9.17, 15) is 9.59 Å². The maximum Gasteiger partial charge on any atom is 0.315 e. The van der Waals surface area contributed by atoms with Gasteiger partial charge in [0.2, 0.25) is 5.91 Å². The van der Waals surface area contributed by atoms with E-state index in [1.165, 1.54) is 0 Å². The standard InChI is InChI=1S/C8H15NO4/c1-2-13-8(12)6-7(11)9-4-3-5-10/h10H,2-6H2,1H3,(H,9,11). The van der Waals surface area contributed by atoms with Crippen molar-refractivity contribution in [2.75, 3.05) is 19.8 Å². The summed E-state index contributed by atoms with van der Waals surface area (Å²) in [7, 11) is 0. The van der Waals surface area contributed by atoms with Crippen molar-refractivity contribution in [2.45, 2.75) is 19.8 Å². The van der Waals surface area contributed by atoms with Gasteiger partial charge < -0.3 is 15.2 Å². The average Bonchev–Trinajstić information content (AvgIpc) is 2.05. The zero-order valence-electron chi connectivity index (χ0n) is 7.71. The fraction of sp³-hybridized carbons (Fsp3) is 0.750. The van der Waals surface area contributed by atoms with Crippen LogP contribution >= 0.6 is 0 Å². The Kier molecular flexibility index (Phi) is 6.91. The molecule has 0 atom stereocenters. The smallest absolute Gasteiger partial charge is 0.315 e. The number of esters is 1. The molecule has 5 heteroatoms. The zero-order valence-corrected chi connectivity index (χ0v) is 7.71. The molecule has 0 aliphatic carbocycles. The first-order valence-electron chi connectivity index (χ1n) is 4.24. The van der Waals surface area contributed by atoms with Crippen molar-refractivity contribution in [3.63, 3.8) is 0 Å². The molecule has 0 heterocycles. The predicted octanol–water partition coefficient (Wildman–Crippen LogP) is -0.562. The first-order valence-corrected chi connectivity index (χ1v) is 4.24. The lowest BCUT2D eigenvalue weighted by atomic mass is 10.4. The second-order valence-electron chi connectivity index (χ2n) is 2.41. The van der Waals surface area contributed by atoms with Gasteiger partial charge in [0, 0.05) is 13.2 Å². The fourth-order valence-corrected chi connectivity index (χ4v) is 0.712. The molecule has 0 unspecified atom stereocenters. The van der Waals surface area contributed by atoms with Crippen LogP contribution in [0.25, 0.3) is 0 Å². The summed E-state index contributed by atoms with van der Waals surface area (Å²) in [4.78, 5) is 21.7. The van der Waals surface area contributed by atoms with Crippen LogP contribution < -0.4 is 5.32 Å². The molecule has 76 valence electrons. The third-order valence-corrected chi connectivity index (χ3v) is 1.27. The zero-order chi connectivity index (χ0) is 10.1. The monoisotopic (exact) mass is 189 g/mol. The Hall–Kier alpha value is -1.10. The number of hydrogen-bond acceptors (Lipinski definition) is 4. The highest BCUT2D eigenvalue weighted by Gasteiger charge is 2.08. The second kappa shape index (κ2) is 7.54. The van der Waals surface area contributed by atoms with E-state index in [2.05, 4.69) is 10.1 Å². The number of carbonyl (C=O) groups is 2. The number of carbonyl (C=O) groups excluding carboxylic acids is 2. The number of nitrogens with one attached hydrogen (secondary N) is 1. The van der Waals surface area contributed by atoms with Crippen LogP contribution in [0, 0.1) is 0 Å². The lowest BCUT2D eigenvalue weighted by Gasteiger charge is -2.03. The third kappa shape index (κ3) is 7.27. The molecule has 0 aliphatic rings. The Labute approximate surface area is 77.1 Å². The van der Waals surface area contributed by atoms with E-state index in [1.54, 1.807) is 6.92 Å². The molecule has 0 aromatic heterocycles. The van der Waals surface area contributed by atoms with E-state index in [4.69, 9.17) is 5.11 Å². The average molecular weight is 189 g/mol. The Morgan fingerprint density at radius 2 is 2.15 bits per heavy atom. The molecule has 13 heavy (non-hydrogen) atoms. The van der Waals surface area contributed by atoms with E-state index in [0.717, 1.165) is 0 Å². The van der Waals surface area contributed by atoms with E-state index >= 15 is 0 Å². The summed E-state index contributed by atoms with van der Waals surface area (Å²) in [5.74, 6) is -0.893. The van der Waals surface area contributed by atoms with Crippen molar-refractivity contribution >= 4 is 11.9 Å². The first-order chi connectivity index (χ1) is 6.20. The lowest BCUT2D eigenvalue weighted by Crippen LogP contribution is -2.27. The van der Waals surface area contributed by atoms with Crippen LogP contribution in [0.1, 0.15) is 19.8 Å². The highest BCUT2D eigenvalue weighted by atomic mass is 16.5.